The van der Waals surface area contributed by atoms with Crippen LogP contribution in [0.2, 0.25) is 0 Å². The topological polar surface area (TPSA) is 0 Å². The second-order valence-electron chi connectivity index (χ2n) is 4.74. The van der Waals surface area contributed by atoms with Crippen LogP contribution in [0.25, 0.3) is 0 Å². The van der Waals surface area contributed by atoms with Crippen molar-refractivity contribution in [1.29, 1.82) is 0 Å². The molecule has 1 saturated carbocycles. The number of hydrogen-bond acceptors (Lipinski definition) is 0. The van der Waals surface area contributed by atoms with E-state index in [2.05, 4.69) is 13.8 Å². The minimum Gasteiger partial charge on any atom is -0.0654 e. The molecule has 0 heterocycles. The van der Waals surface area contributed by atoms with Crippen molar-refractivity contribution in [3.05, 3.63) is 0 Å². The number of rotatable bonds is 6. The molecule has 1 fully saturated rings. The van der Waals surface area contributed by atoms with Gasteiger partial charge < -0.3 is 0 Å². The van der Waals surface area contributed by atoms with E-state index in [1.807, 2.05) is 0 Å². The van der Waals surface area contributed by atoms with Crippen LogP contribution in [0.15, 0.2) is 0 Å². The minimum atomic E-state index is 1.10. The quantitative estimate of drug-likeness (QED) is 0.554. The lowest BCUT2D eigenvalue weighted by atomic mass is 9.87. The van der Waals surface area contributed by atoms with Crippen molar-refractivity contribution in [2.75, 3.05) is 0 Å². The summed E-state index contributed by atoms with van der Waals surface area (Å²) < 4.78 is 0. The van der Waals surface area contributed by atoms with E-state index in [1.54, 1.807) is 0 Å². The lowest BCUT2D eigenvalue weighted by Gasteiger charge is -2.18. The second kappa shape index (κ2) is 6.45. The highest BCUT2D eigenvalue weighted by Crippen LogP contribution is 2.38. The van der Waals surface area contributed by atoms with Crippen LogP contribution in [0.4, 0.5) is 0 Å². The molecule has 2 atom stereocenters. The van der Waals surface area contributed by atoms with Crippen molar-refractivity contribution in [2.24, 2.45) is 11.8 Å². The predicted molar refractivity (Wildman–Crippen MR) is 59.9 cm³/mol. The molecule has 0 aromatic rings. The van der Waals surface area contributed by atoms with Gasteiger partial charge in [-0.3, -0.25) is 0 Å². The van der Waals surface area contributed by atoms with Crippen LogP contribution in [0, 0.1) is 11.8 Å². The Morgan fingerprint density at radius 3 is 1.69 bits per heavy atom. The largest absolute Gasteiger partial charge is 0.0654 e. The fourth-order valence-electron chi connectivity index (χ4n) is 2.81. The Hall–Kier alpha value is 0. The smallest absolute Gasteiger partial charge is 0.0386 e. The molecule has 78 valence electrons. The normalized spacial score (nSPS) is 28.2. The van der Waals surface area contributed by atoms with Gasteiger partial charge in [0.25, 0.3) is 0 Å². The van der Waals surface area contributed by atoms with E-state index < -0.39 is 0 Å². The fourth-order valence-corrected chi connectivity index (χ4v) is 2.81. The summed E-state index contributed by atoms with van der Waals surface area (Å²) in [6.07, 6.45) is 13.3. The molecule has 0 N–H and O–H groups in total. The molecule has 0 radical (unpaired) electrons. The van der Waals surface area contributed by atoms with Crippen LogP contribution in [0.1, 0.15) is 71.6 Å². The Bertz CT molecular complexity index is 103. The second-order valence-corrected chi connectivity index (χ2v) is 4.74. The molecule has 0 aliphatic heterocycles. The molecule has 0 nitrogen and oxygen atoms in total. The Morgan fingerprint density at radius 1 is 0.846 bits per heavy atom. The molecule has 0 spiro atoms. The SMILES string of the molecule is CCCC[C@@H]1CCC[C@H]1CCCC. The van der Waals surface area contributed by atoms with Crippen LogP contribution < -0.4 is 0 Å². The average molecular weight is 182 g/mol. The Labute approximate surface area is 84.1 Å². The van der Waals surface area contributed by atoms with Gasteiger partial charge in [0.1, 0.15) is 0 Å². The third-order valence-corrected chi connectivity index (χ3v) is 3.67. The number of unbranched alkanes of at least 4 members (excludes halogenated alkanes) is 2. The summed E-state index contributed by atoms with van der Waals surface area (Å²) in [5.74, 6) is 2.21. The molecule has 1 aliphatic carbocycles. The van der Waals surface area contributed by atoms with Crippen molar-refractivity contribution >= 4 is 0 Å². The van der Waals surface area contributed by atoms with Crippen molar-refractivity contribution < 1.29 is 0 Å². The molecular formula is C13H26. The molecule has 0 unspecified atom stereocenters. The third kappa shape index (κ3) is 3.70. The lowest BCUT2D eigenvalue weighted by Crippen LogP contribution is -2.07. The van der Waals surface area contributed by atoms with Crippen LogP contribution in [0.3, 0.4) is 0 Å². The van der Waals surface area contributed by atoms with Crippen molar-refractivity contribution in [3.8, 4) is 0 Å². The molecule has 0 saturated heterocycles. The first-order valence-corrected chi connectivity index (χ1v) is 6.38. The molecule has 0 aromatic carbocycles. The molecule has 0 aromatic heterocycles. The van der Waals surface area contributed by atoms with Crippen LogP contribution in [0.5, 0.6) is 0 Å². The first kappa shape index (κ1) is 11.1. The highest BCUT2D eigenvalue weighted by Gasteiger charge is 2.25. The zero-order valence-electron chi connectivity index (χ0n) is 9.52. The average Bonchev–Trinajstić information content (AvgIpc) is 2.59. The third-order valence-electron chi connectivity index (χ3n) is 3.67. The summed E-state index contributed by atoms with van der Waals surface area (Å²) in [6.45, 7) is 4.63. The van der Waals surface area contributed by atoms with Gasteiger partial charge in [-0.15, -0.1) is 0 Å². The zero-order valence-corrected chi connectivity index (χ0v) is 9.52. The Morgan fingerprint density at radius 2 is 1.31 bits per heavy atom. The highest BCUT2D eigenvalue weighted by atomic mass is 14.3. The summed E-state index contributed by atoms with van der Waals surface area (Å²) >= 11 is 0. The van der Waals surface area contributed by atoms with Gasteiger partial charge in [-0.25, -0.2) is 0 Å². The van der Waals surface area contributed by atoms with Gasteiger partial charge in [0.2, 0.25) is 0 Å². The van der Waals surface area contributed by atoms with Crippen LogP contribution in [-0.4, -0.2) is 0 Å². The van der Waals surface area contributed by atoms with Gasteiger partial charge in [0, 0.05) is 0 Å². The Balaban J connectivity index is 2.18. The van der Waals surface area contributed by atoms with E-state index in [-0.39, 0.29) is 0 Å². The highest BCUT2D eigenvalue weighted by molar-refractivity contribution is 4.77. The lowest BCUT2D eigenvalue weighted by molar-refractivity contribution is 0.328. The van der Waals surface area contributed by atoms with Gasteiger partial charge in [-0.05, 0) is 11.8 Å². The summed E-state index contributed by atoms with van der Waals surface area (Å²) in [6, 6.07) is 0. The zero-order chi connectivity index (χ0) is 9.52. The molecule has 0 bridgehead atoms. The van der Waals surface area contributed by atoms with Crippen LogP contribution >= 0.6 is 0 Å². The molecule has 1 rings (SSSR count). The predicted octanol–water partition coefficient (Wildman–Crippen LogP) is 4.78. The molecule has 13 heavy (non-hydrogen) atoms. The van der Waals surface area contributed by atoms with Gasteiger partial charge >= 0.3 is 0 Å². The van der Waals surface area contributed by atoms with Gasteiger partial charge in [0.05, 0.1) is 0 Å². The van der Waals surface area contributed by atoms with E-state index in [0.717, 1.165) is 11.8 Å². The van der Waals surface area contributed by atoms with Crippen molar-refractivity contribution in [1.82, 2.24) is 0 Å². The first-order chi connectivity index (χ1) is 6.38. The summed E-state index contributed by atoms with van der Waals surface area (Å²) in [7, 11) is 0. The Kier molecular flexibility index (Phi) is 5.50. The van der Waals surface area contributed by atoms with E-state index >= 15 is 0 Å². The van der Waals surface area contributed by atoms with Crippen molar-refractivity contribution in [3.63, 3.8) is 0 Å². The van der Waals surface area contributed by atoms with Crippen LogP contribution in [-0.2, 0) is 0 Å². The maximum Gasteiger partial charge on any atom is -0.0386 e. The molecule has 1 aliphatic rings. The summed E-state index contributed by atoms with van der Waals surface area (Å²) in [5, 5.41) is 0. The monoisotopic (exact) mass is 182 g/mol. The van der Waals surface area contributed by atoms with E-state index in [9.17, 15) is 0 Å². The standard InChI is InChI=1S/C13H26/c1-3-5-8-12-10-7-11-13(12)9-6-4-2/h12-13H,3-11H2,1-2H3/t12-,13-/m1/s1. The molecular weight excluding hydrogens is 156 g/mol. The maximum atomic E-state index is 2.32. The van der Waals surface area contributed by atoms with E-state index in [1.165, 1.54) is 57.8 Å². The van der Waals surface area contributed by atoms with Gasteiger partial charge in [-0.2, -0.15) is 0 Å². The fraction of sp³-hybridized carbons (Fsp3) is 1.00. The first-order valence-electron chi connectivity index (χ1n) is 6.38. The number of hydrogen-bond donors (Lipinski definition) is 0. The summed E-state index contributed by atoms with van der Waals surface area (Å²) in [4.78, 5) is 0. The van der Waals surface area contributed by atoms with Gasteiger partial charge in [-0.1, -0.05) is 71.6 Å². The van der Waals surface area contributed by atoms with Crippen molar-refractivity contribution in [2.45, 2.75) is 71.6 Å². The summed E-state index contributed by atoms with van der Waals surface area (Å²) in [5.41, 5.74) is 0. The van der Waals surface area contributed by atoms with Gasteiger partial charge in [0.15, 0.2) is 0 Å². The van der Waals surface area contributed by atoms with E-state index in [4.69, 9.17) is 0 Å². The minimum absolute atomic E-state index is 1.10. The van der Waals surface area contributed by atoms with E-state index in [0.29, 0.717) is 0 Å². The molecule has 0 heteroatoms. The molecule has 0 amide bonds. The maximum absolute atomic E-state index is 2.32.